The number of alkyl halides is 1. The van der Waals surface area contributed by atoms with E-state index in [1.54, 1.807) is 21.3 Å². The van der Waals surface area contributed by atoms with Gasteiger partial charge in [-0.25, -0.2) is 0 Å². The van der Waals surface area contributed by atoms with Crippen LogP contribution in [0, 0.1) is 0 Å². The van der Waals surface area contributed by atoms with Gasteiger partial charge in [-0.2, -0.15) is 0 Å². The van der Waals surface area contributed by atoms with E-state index in [4.69, 9.17) is 18.0 Å². The highest BCUT2D eigenvalue weighted by Gasteiger charge is 2.36. The summed E-state index contributed by atoms with van der Waals surface area (Å²) in [4.78, 5) is 11.2. The average Bonchev–Trinajstić information content (AvgIpc) is 2.34. The molecule has 0 aliphatic heterocycles. The lowest BCUT2D eigenvalue weighted by Crippen LogP contribution is -2.42. The van der Waals surface area contributed by atoms with Crippen molar-refractivity contribution >= 4 is 37.4 Å². The number of ether oxygens (including phenoxy) is 1. The molecule has 102 valence electrons. The summed E-state index contributed by atoms with van der Waals surface area (Å²) in [5.41, 5.74) is 0. The molecule has 0 fully saturated rings. The van der Waals surface area contributed by atoms with E-state index in [9.17, 15) is 4.79 Å². The quantitative estimate of drug-likeness (QED) is 0.203. The molecule has 0 aliphatic rings. The fraction of sp³-hybridized carbons (Fsp3) is 0.900. The third-order valence-corrected chi connectivity index (χ3v) is 5.72. The number of carbonyl (C=O) groups is 1. The van der Waals surface area contributed by atoms with Crippen molar-refractivity contribution in [1.29, 1.82) is 0 Å². The Hall–Kier alpha value is 0.297. The second kappa shape index (κ2) is 9.26. The summed E-state index contributed by atoms with van der Waals surface area (Å²) in [5.74, 6) is -0.167. The Bertz CT molecular complexity index is 212. The minimum atomic E-state index is -2.46. The van der Waals surface area contributed by atoms with E-state index in [-0.39, 0.29) is 9.89 Å². The lowest BCUT2D eigenvalue weighted by Gasteiger charge is -2.24. The molecule has 0 amide bonds. The zero-order chi connectivity index (χ0) is 13.3. The van der Waals surface area contributed by atoms with Crippen LogP contribution in [0.25, 0.3) is 0 Å². The van der Waals surface area contributed by atoms with Crippen LogP contribution in [0.15, 0.2) is 0 Å². The number of carbonyl (C=O) groups excluding carboxylic acids is 1. The summed E-state index contributed by atoms with van der Waals surface area (Å²) in [6.45, 7) is 2.25. The van der Waals surface area contributed by atoms with Crippen molar-refractivity contribution in [2.75, 3.05) is 27.9 Å². The van der Waals surface area contributed by atoms with Gasteiger partial charge in [0.2, 0.25) is 0 Å². The van der Waals surface area contributed by atoms with Crippen molar-refractivity contribution in [2.24, 2.45) is 0 Å². The molecule has 17 heavy (non-hydrogen) atoms. The van der Waals surface area contributed by atoms with Crippen molar-refractivity contribution in [3.05, 3.63) is 0 Å². The lowest BCUT2D eigenvalue weighted by molar-refractivity contribution is -0.142. The van der Waals surface area contributed by atoms with Crippen molar-refractivity contribution in [2.45, 2.75) is 29.7 Å². The Morgan fingerprint density at radius 3 is 2.12 bits per heavy atom. The van der Waals surface area contributed by atoms with E-state index >= 15 is 0 Å². The van der Waals surface area contributed by atoms with Crippen molar-refractivity contribution < 1.29 is 22.8 Å². The van der Waals surface area contributed by atoms with E-state index in [1.807, 2.05) is 29.5 Å². The molecule has 0 spiro atoms. The van der Waals surface area contributed by atoms with Gasteiger partial charge in [-0.15, -0.1) is 0 Å². The van der Waals surface area contributed by atoms with Gasteiger partial charge in [0.05, 0.1) is 6.61 Å². The van der Waals surface area contributed by atoms with Crippen molar-refractivity contribution in [3.63, 3.8) is 0 Å². The highest BCUT2D eigenvalue weighted by atomic mass is 127. The smallest absolute Gasteiger partial charge is 0.465 e. The molecule has 0 aromatic rings. The number of hydrogen-bond acceptors (Lipinski definition) is 5. The Labute approximate surface area is 118 Å². The van der Waals surface area contributed by atoms with E-state index in [2.05, 4.69) is 0 Å². The molecule has 0 radical (unpaired) electrons. The maximum Gasteiger partial charge on any atom is 0.500 e. The van der Waals surface area contributed by atoms with Gasteiger partial charge in [0.1, 0.15) is 3.92 Å². The molecule has 7 heteroatoms. The molecule has 0 rings (SSSR count). The first kappa shape index (κ1) is 17.3. The standard InChI is InChI=1S/C10H21IO5Si/c1-9(11)10(12)16-7-5-6-8-17(13-2,14-3)15-4/h9H,5-8H2,1-4H3. The number of esters is 1. The van der Waals surface area contributed by atoms with Crippen LogP contribution in [0.2, 0.25) is 6.04 Å². The summed E-state index contributed by atoms with van der Waals surface area (Å²) in [6, 6.07) is 0.730. The Kier molecular flexibility index (Phi) is 9.42. The molecule has 0 aromatic carbocycles. The second-order valence-corrected chi connectivity index (χ2v) is 8.50. The summed E-state index contributed by atoms with van der Waals surface area (Å²) >= 11 is 2.03. The molecule has 0 aliphatic carbocycles. The minimum absolute atomic E-state index is 0.0991. The van der Waals surface area contributed by atoms with Crippen LogP contribution < -0.4 is 0 Å². The first-order valence-electron chi connectivity index (χ1n) is 5.47. The monoisotopic (exact) mass is 376 g/mol. The van der Waals surface area contributed by atoms with Gasteiger partial charge in [-0.3, -0.25) is 4.79 Å². The number of rotatable bonds is 9. The minimum Gasteiger partial charge on any atom is -0.465 e. The largest absolute Gasteiger partial charge is 0.500 e. The maximum absolute atomic E-state index is 11.2. The van der Waals surface area contributed by atoms with Crippen LogP contribution in [0.3, 0.4) is 0 Å². The molecule has 0 saturated heterocycles. The zero-order valence-electron chi connectivity index (χ0n) is 10.8. The van der Waals surface area contributed by atoms with Crippen LogP contribution in [-0.2, 0) is 22.8 Å². The molecular weight excluding hydrogens is 355 g/mol. The number of halogens is 1. The Balaban J connectivity index is 3.73. The van der Waals surface area contributed by atoms with Crippen molar-refractivity contribution in [3.8, 4) is 0 Å². The first-order chi connectivity index (χ1) is 8.01. The van der Waals surface area contributed by atoms with Crippen molar-refractivity contribution in [1.82, 2.24) is 0 Å². The summed E-state index contributed by atoms with van der Waals surface area (Å²) in [7, 11) is 2.32. The first-order valence-corrected chi connectivity index (χ1v) is 8.65. The molecule has 1 unspecified atom stereocenters. The maximum atomic E-state index is 11.2. The summed E-state index contributed by atoms with van der Waals surface area (Å²) in [6.07, 6.45) is 1.64. The van der Waals surface area contributed by atoms with Crippen LogP contribution in [0.5, 0.6) is 0 Å². The van der Waals surface area contributed by atoms with Gasteiger partial charge in [0.15, 0.2) is 0 Å². The Morgan fingerprint density at radius 2 is 1.71 bits per heavy atom. The highest BCUT2D eigenvalue weighted by Crippen LogP contribution is 2.16. The summed E-state index contributed by atoms with van der Waals surface area (Å²) in [5, 5.41) is 0. The van der Waals surface area contributed by atoms with Gasteiger partial charge >= 0.3 is 14.8 Å². The Morgan fingerprint density at radius 1 is 1.18 bits per heavy atom. The molecular formula is C10H21IO5Si. The molecule has 0 N–H and O–H groups in total. The molecule has 0 heterocycles. The molecule has 0 bridgehead atoms. The van der Waals surface area contributed by atoms with Crippen LogP contribution in [0.1, 0.15) is 19.8 Å². The molecule has 0 saturated carbocycles. The normalized spacial score (nSPS) is 13.5. The zero-order valence-corrected chi connectivity index (χ0v) is 14.0. The van der Waals surface area contributed by atoms with Gasteiger partial charge in [-0.05, 0) is 19.8 Å². The molecule has 5 nitrogen and oxygen atoms in total. The van der Waals surface area contributed by atoms with Crippen LogP contribution in [0.4, 0.5) is 0 Å². The van der Waals surface area contributed by atoms with E-state index < -0.39 is 8.80 Å². The van der Waals surface area contributed by atoms with Crippen LogP contribution >= 0.6 is 22.6 Å². The lowest BCUT2D eigenvalue weighted by atomic mass is 10.3. The topological polar surface area (TPSA) is 54.0 Å². The fourth-order valence-electron chi connectivity index (χ4n) is 1.29. The number of unbranched alkanes of at least 4 members (excludes halogenated alkanes) is 1. The van der Waals surface area contributed by atoms with E-state index in [1.165, 1.54) is 0 Å². The van der Waals surface area contributed by atoms with E-state index in [0.29, 0.717) is 6.61 Å². The second-order valence-electron chi connectivity index (χ2n) is 3.54. The molecule has 0 aromatic heterocycles. The van der Waals surface area contributed by atoms with Gasteiger partial charge in [0, 0.05) is 27.4 Å². The van der Waals surface area contributed by atoms with E-state index in [0.717, 1.165) is 18.9 Å². The van der Waals surface area contributed by atoms with Gasteiger partial charge in [-0.1, -0.05) is 22.6 Å². The van der Waals surface area contributed by atoms with Gasteiger partial charge in [0.25, 0.3) is 0 Å². The van der Waals surface area contributed by atoms with Gasteiger partial charge < -0.3 is 18.0 Å². The average molecular weight is 376 g/mol. The number of hydrogen-bond donors (Lipinski definition) is 0. The third-order valence-electron chi connectivity index (χ3n) is 2.38. The predicted molar refractivity (Wildman–Crippen MR) is 75.3 cm³/mol. The highest BCUT2D eigenvalue weighted by molar-refractivity contribution is 14.1. The summed E-state index contributed by atoms with van der Waals surface area (Å²) < 4.78 is 20.8. The fourth-order valence-corrected chi connectivity index (χ4v) is 3.26. The predicted octanol–water partition coefficient (Wildman–Crippen LogP) is 2.01. The SMILES string of the molecule is CO[Si](CCCCOC(=O)C(C)I)(OC)OC. The third kappa shape index (κ3) is 6.70. The van der Waals surface area contributed by atoms with Crippen LogP contribution in [-0.4, -0.2) is 46.6 Å². The molecule has 1 atom stereocenters.